The fraction of sp³-hybridized carbons (Fsp3) is 0.440. The largest absolute Gasteiger partial charge is 0.497 e. The molecule has 202 valence electrons. The highest BCUT2D eigenvalue weighted by molar-refractivity contribution is 7.89. The lowest BCUT2D eigenvalue weighted by molar-refractivity contribution is -0.177. The average Bonchev–Trinajstić information content (AvgIpc) is 3.19. The van der Waals surface area contributed by atoms with Gasteiger partial charge in [-0.3, -0.25) is 9.59 Å². The average molecular weight is 538 g/mol. The van der Waals surface area contributed by atoms with Crippen molar-refractivity contribution in [2.45, 2.75) is 62.4 Å². The Morgan fingerprint density at radius 1 is 1.08 bits per heavy atom. The normalized spacial score (nSPS) is 20.6. The Bertz CT molecular complexity index is 1170. The molecule has 11 nitrogen and oxygen atoms in total. The van der Waals surface area contributed by atoms with Crippen molar-refractivity contribution in [1.82, 2.24) is 4.72 Å². The number of aliphatic hydroxyl groups is 1. The number of rotatable bonds is 11. The molecule has 2 N–H and O–H groups in total. The third-order valence-corrected chi connectivity index (χ3v) is 6.94. The highest BCUT2D eigenvalue weighted by Gasteiger charge is 2.51. The third kappa shape index (κ3) is 7.49. The van der Waals surface area contributed by atoms with Gasteiger partial charge in [0.15, 0.2) is 17.9 Å². The van der Waals surface area contributed by atoms with Crippen LogP contribution >= 0.6 is 0 Å². The number of carbonyl (C=O) groups excluding carboxylic acids is 2. The number of hydrogen-bond donors (Lipinski definition) is 2. The maximum atomic E-state index is 13.3. The molecular weight excluding hydrogens is 506 g/mol. The Balaban J connectivity index is 1.98. The zero-order valence-corrected chi connectivity index (χ0v) is 21.8. The van der Waals surface area contributed by atoms with Crippen molar-refractivity contribution in [2.75, 3.05) is 13.7 Å². The Kier molecular flexibility index (Phi) is 9.26. The molecule has 0 radical (unpaired) electrons. The highest BCUT2D eigenvalue weighted by Crippen LogP contribution is 2.32. The van der Waals surface area contributed by atoms with Crippen LogP contribution in [0.25, 0.3) is 0 Å². The van der Waals surface area contributed by atoms with Crippen LogP contribution in [0.4, 0.5) is 0 Å². The van der Waals surface area contributed by atoms with Crippen LogP contribution in [0.2, 0.25) is 0 Å². The van der Waals surface area contributed by atoms with Gasteiger partial charge < -0.3 is 28.8 Å². The van der Waals surface area contributed by atoms with E-state index in [-0.39, 0.29) is 11.5 Å². The summed E-state index contributed by atoms with van der Waals surface area (Å²) in [6.07, 6.45) is -3.75. The Morgan fingerprint density at radius 3 is 2.30 bits per heavy atom. The van der Waals surface area contributed by atoms with E-state index in [4.69, 9.17) is 23.7 Å². The molecule has 1 aliphatic heterocycles. The van der Waals surface area contributed by atoms with Gasteiger partial charge in [0.2, 0.25) is 10.0 Å². The lowest BCUT2D eigenvalue weighted by atomic mass is 10.0. The first-order chi connectivity index (χ1) is 17.5. The predicted molar refractivity (Wildman–Crippen MR) is 130 cm³/mol. The minimum absolute atomic E-state index is 0.163. The molecule has 4 atom stereocenters. The number of sulfonamides is 1. The molecule has 1 heterocycles. The second-order valence-electron chi connectivity index (χ2n) is 8.76. The molecule has 3 rings (SSSR count). The molecule has 0 bridgehead atoms. The number of hydrogen-bond acceptors (Lipinski definition) is 10. The van der Waals surface area contributed by atoms with Crippen LogP contribution in [0.5, 0.6) is 5.75 Å². The second kappa shape index (κ2) is 12.0. The van der Waals surface area contributed by atoms with Crippen LogP contribution < -0.4 is 9.46 Å². The summed E-state index contributed by atoms with van der Waals surface area (Å²) in [6, 6.07) is 12.5. The van der Waals surface area contributed by atoms with Crippen molar-refractivity contribution in [1.29, 1.82) is 0 Å². The number of esters is 2. The first-order valence-electron chi connectivity index (χ1n) is 11.5. The number of ether oxygens (including phenoxy) is 5. The number of aliphatic hydroxyl groups excluding tert-OH is 1. The fourth-order valence-corrected chi connectivity index (χ4v) is 5.05. The molecule has 1 fully saturated rings. The first kappa shape index (κ1) is 28.5. The standard InChI is InChI=1S/C25H31NO10S/c1-16(28)34-23(22-20(14-27)35-25(2,3)36-22)21(24(29)33-15-17-8-6-5-7-9-17)26-37(30,31)19-12-10-18(32-4)11-13-19/h5-13,20-23,26-27H,14-15H2,1-4H3/t20-,21+,22+,23-/m0/s1. The monoisotopic (exact) mass is 537 g/mol. The molecule has 0 aliphatic carbocycles. The number of benzene rings is 2. The molecule has 1 saturated heterocycles. The SMILES string of the molecule is COc1ccc(S(=O)(=O)N[C@@H](C(=O)OCc2ccccc2)[C@H](OC(C)=O)[C@@H]2OC(C)(C)O[C@H]2CO)cc1. The predicted octanol–water partition coefficient (Wildman–Crippen LogP) is 1.53. The van der Waals surface area contributed by atoms with Gasteiger partial charge in [0, 0.05) is 6.92 Å². The Hall–Kier alpha value is -3.03. The summed E-state index contributed by atoms with van der Waals surface area (Å²) in [5, 5.41) is 9.87. The molecule has 0 aromatic heterocycles. The van der Waals surface area contributed by atoms with E-state index in [1.807, 2.05) is 0 Å². The van der Waals surface area contributed by atoms with Gasteiger partial charge in [-0.2, -0.15) is 4.72 Å². The van der Waals surface area contributed by atoms with Crippen molar-refractivity contribution in [3.63, 3.8) is 0 Å². The number of methoxy groups -OCH3 is 1. The van der Waals surface area contributed by atoms with Crippen LogP contribution in [-0.2, 0) is 45.2 Å². The van der Waals surface area contributed by atoms with Gasteiger partial charge in [-0.25, -0.2) is 8.42 Å². The Labute approximate surface area is 215 Å². The summed E-state index contributed by atoms with van der Waals surface area (Å²) in [6.45, 7) is 3.55. The molecule has 0 saturated carbocycles. The molecule has 2 aromatic rings. The van der Waals surface area contributed by atoms with Gasteiger partial charge >= 0.3 is 11.9 Å². The molecule has 0 unspecified atom stereocenters. The van der Waals surface area contributed by atoms with Crippen molar-refractivity contribution in [3.05, 3.63) is 60.2 Å². The zero-order valence-electron chi connectivity index (χ0n) is 20.9. The molecule has 2 aromatic carbocycles. The lowest BCUT2D eigenvalue weighted by Gasteiger charge is -2.31. The van der Waals surface area contributed by atoms with Crippen molar-refractivity contribution in [3.8, 4) is 5.75 Å². The van der Waals surface area contributed by atoms with Gasteiger partial charge in [-0.05, 0) is 43.7 Å². The maximum absolute atomic E-state index is 13.3. The van der Waals surface area contributed by atoms with Gasteiger partial charge in [0.05, 0.1) is 18.6 Å². The van der Waals surface area contributed by atoms with E-state index in [1.54, 1.807) is 44.2 Å². The third-order valence-electron chi connectivity index (χ3n) is 5.49. The van der Waals surface area contributed by atoms with E-state index >= 15 is 0 Å². The van der Waals surface area contributed by atoms with Crippen LogP contribution in [-0.4, -0.2) is 69.3 Å². The van der Waals surface area contributed by atoms with Gasteiger partial charge in [-0.15, -0.1) is 0 Å². The number of carbonyl (C=O) groups is 2. The summed E-state index contributed by atoms with van der Waals surface area (Å²) in [7, 11) is -2.89. The molecule has 0 amide bonds. The van der Waals surface area contributed by atoms with E-state index in [1.165, 1.54) is 31.4 Å². The molecule has 0 spiro atoms. The molecule has 12 heteroatoms. The van der Waals surface area contributed by atoms with Gasteiger partial charge in [0.1, 0.15) is 24.6 Å². The minimum Gasteiger partial charge on any atom is -0.497 e. The maximum Gasteiger partial charge on any atom is 0.328 e. The van der Waals surface area contributed by atoms with Crippen LogP contribution in [0.15, 0.2) is 59.5 Å². The van der Waals surface area contributed by atoms with Crippen LogP contribution in [0, 0.1) is 0 Å². The molecule has 37 heavy (non-hydrogen) atoms. The van der Waals surface area contributed by atoms with E-state index in [2.05, 4.69) is 4.72 Å². The second-order valence-corrected chi connectivity index (χ2v) is 10.5. The van der Waals surface area contributed by atoms with E-state index < -0.39 is 58.7 Å². The highest BCUT2D eigenvalue weighted by atomic mass is 32.2. The summed E-state index contributed by atoms with van der Waals surface area (Å²) in [5.74, 6) is -2.60. The zero-order chi connectivity index (χ0) is 27.2. The first-order valence-corrected chi connectivity index (χ1v) is 12.9. The smallest absolute Gasteiger partial charge is 0.328 e. The van der Waals surface area contributed by atoms with Crippen molar-refractivity contribution >= 4 is 22.0 Å². The van der Waals surface area contributed by atoms with E-state index in [0.717, 1.165) is 6.92 Å². The van der Waals surface area contributed by atoms with Gasteiger partial charge in [-0.1, -0.05) is 30.3 Å². The fourth-order valence-electron chi connectivity index (χ4n) is 3.86. The van der Waals surface area contributed by atoms with Crippen LogP contribution in [0.3, 0.4) is 0 Å². The van der Waals surface area contributed by atoms with Crippen LogP contribution in [0.1, 0.15) is 26.3 Å². The lowest BCUT2D eigenvalue weighted by Crippen LogP contribution is -2.57. The van der Waals surface area contributed by atoms with E-state index in [0.29, 0.717) is 11.3 Å². The molecule has 1 aliphatic rings. The van der Waals surface area contributed by atoms with Crippen molar-refractivity contribution in [2.24, 2.45) is 0 Å². The van der Waals surface area contributed by atoms with Crippen molar-refractivity contribution < 1.29 is 46.8 Å². The Morgan fingerprint density at radius 2 is 1.73 bits per heavy atom. The molecular formula is C25H31NO10S. The summed E-state index contributed by atoms with van der Waals surface area (Å²) in [4.78, 5) is 25.2. The number of nitrogens with one attached hydrogen (secondary N) is 1. The minimum atomic E-state index is -4.33. The summed E-state index contributed by atoms with van der Waals surface area (Å²) in [5.41, 5.74) is 0.659. The van der Waals surface area contributed by atoms with Gasteiger partial charge in [0.25, 0.3) is 0 Å². The van der Waals surface area contributed by atoms with E-state index in [9.17, 15) is 23.1 Å². The topological polar surface area (TPSA) is 147 Å². The summed E-state index contributed by atoms with van der Waals surface area (Å²) >= 11 is 0. The summed E-state index contributed by atoms with van der Waals surface area (Å²) < 4.78 is 56.3. The quantitative estimate of drug-likeness (QED) is 0.405.